The Hall–Kier alpha value is -3.22. The predicted octanol–water partition coefficient (Wildman–Crippen LogP) is 3.82. The van der Waals surface area contributed by atoms with E-state index in [1.165, 1.54) is 42.5 Å². The average Bonchev–Trinajstić information content (AvgIpc) is 2.68. The van der Waals surface area contributed by atoms with Gasteiger partial charge in [0.2, 0.25) is 0 Å². The largest absolute Gasteiger partial charge is 0.462 e. The zero-order valence-corrected chi connectivity index (χ0v) is 16.1. The van der Waals surface area contributed by atoms with Gasteiger partial charge < -0.3 is 14.2 Å². The highest BCUT2D eigenvalue weighted by atomic mass is 16.5. The summed E-state index contributed by atoms with van der Waals surface area (Å²) in [7, 11) is 0. The first kappa shape index (κ1) is 21.1. The van der Waals surface area contributed by atoms with E-state index in [1.54, 1.807) is 13.8 Å². The van der Waals surface area contributed by atoms with E-state index in [9.17, 15) is 14.4 Å². The van der Waals surface area contributed by atoms with Crippen LogP contribution in [0.1, 0.15) is 64.9 Å². The van der Waals surface area contributed by atoms with E-state index < -0.39 is 17.9 Å². The number of hydrogen-bond donors (Lipinski definition) is 0. The fourth-order valence-electron chi connectivity index (χ4n) is 2.15. The molecule has 7 nitrogen and oxygen atoms in total. The van der Waals surface area contributed by atoms with Gasteiger partial charge in [-0.3, -0.25) is 0 Å². The van der Waals surface area contributed by atoms with Crippen molar-refractivity contribution >= 4 is 17.9 Å². The van der Waals surface area contributed by atoms with Gasteiger partial charge in [0, 0.05) is 0 Å². The number of rotatable bonds is 8. The van der Waals surface area contributed by atoms with Crippen LogP contribution in [0.3, 0.4) is 0 Å². The molecular weight excluding hydrogens is 362 g/mol. The normalized spacial score (nSPS) is 10.4. The number of nitrogens with zero attached hydrogens (tertiary/aromatic N) is 1. The number of carbonyl (C=O) groups is 3. The molecule has 0 aliphatic carbocycles. The van der Waals surface area contributed by atoms with Crippen molar-refractivity contribution in [1.82, 2.24) is 4.98 Å². The summed E-state index contributed by atoms with van der Waals surface area (Å²) >= 11 is 0. The standard InChI is InChI=1S/C21H23NO6/c1-4-5-13-26-19(23)15-9-11-16(12-10-15)28-21(25)18-8-6-7-17(22-18)20(24)27-14(2)3/h6-12,14H,4-5,13H2,1-3H3. The molecule has 0 amide bonds. The Morgan fingerprint density at radius 2 is 1.57 bits per heavy atom. The maximum atomic E-state index is 12.3. The van der Waals surface area contributed by atoms with Crippen LogP contribution in [0.2, 0.25) is 0 Å². The first-order valence-corrected chi connectivity index (χ1v) is 9.08. The van der Waals surface area contributed by atoms with Crippen molar-refractivity contribution in [1.29, 1.82) is 0 Å². The quantitative estimate of drug-likeness (QED) is 0.387. The molecular formula is C21H23NO6. The molecule has 0 radical (unpaired) electrons. The molecule has 28 heavy (non-hydrogen) atoms. The second-order valence-corrected chi connectivity index (χ2v) is 6.27. The fraction of sp³-hybridized carbons (Fsp3) is 0.333. The molecule has 2 rings (SSSR count). The molecule has 0 fully saturated rings. The third kappa shape index (κ3) is 6.19. The van der Waals surface area contributed by atoms with Crippen LogP contribution < -0.4 is 4.74 Å². The lowest BCUT2D eigenvalue weighted by Gasteiger charge is -2.08. The second-order valence-electron chi connectivity index (χ2n) is 6.27. The van der Waals surface area contributed by atoms with Gasteiger partial charge in [-0.25, -0.2) is 19.4 Å². The summed E-state index contributed by atoms with van der Waals surface area (Å²) in [4.78, 5) is 40.0. The van der Waals surface area contributed by atoms with E-state index >= 15 is 0 Å². The van der Waals surface area contributed by atoms with Crippen molar-refractivity contribution < 1.29 is 28.6 Å². The lowest BCUT2D eigenvalue weighted by atomic mass is 10.2. The number of unbranched alkanes of at least 4 members (excludes halogenated alkanes) is 1. The van der Waals surface area contributed by atoms with Crippen LogP contribution in [-0.2, 0) is 9.47 Å². The highest BCUT2D eigenvalue weighted by molar-refractivity contribution is 5.93. The Morgan fingerprint density at radius 3 is 2.18 bits per heavy atom. The molecule has 2 aromatic rings. The fourth-order valence-corrected chi connectivity index (χ4v) is 2.15. The summed E-state index contributed by atoms with van der Waals surface area (Å²) in [6.07, 6.45) is 1.45. The van der Waals surface area contributed by atoms with E-state index in [0.29, 0.717) is 12.2 Å². The second kappa shape index (κ2) is 10.2. The van der Waals surface area contributed by atoms with Gasteiger partial charge in [-0.15, -0.1) is 0 Å². The van der Waals surface area contributed by atoms with Gasteiger partial charge in [0.15, 0.2) is 0 Å². The van der Waals surface area contributed by atoms with Crippen LogP contribution in [0, 0.1) is 0 Å². The van der Waals surface area contributed by atoms with E-state index in [4.69, 9.17) is 14.2 Å². The third-order valence-corrected chi connectivity index (χ3v) is 3.54. The van der Waals surface area contributed by atoms with Crippen LogP contribution in [0.4, 0.5) is 0 Å². The van der Waals surface area contributed by atoms with E-state index in [2.05, 4.69) is 4.98 Å². The summed E-state index contributed by atoms with van der Waals surface area (Å²) < 4.78 is 15.4. The number of pyridine rings is 1. The molecule has 0 aliphatic rings. The lowest BCUT2D eigenvalue weighted by molar-refractivity contribution is 0.0370. The number of ether oxygens (including phenoxy) is 3. The minimum absolute atomic E-state index is 0.0216. The lowest BCUT2D eigenvalue weighted by Crippen LogP contribution is -2.16. The van der Waals surface area contributed by atoms with Gasteiger partial charge in [-0.2, -0.15) is 0 Å². The summed E-state index contributed by atoms with van der Waals surface area (Å²) in [5, 5.41) is 0. The molecule has 1 aromatic heterocycles. The molecule has 1 aromatic carbocycles. The predicted molar refractivity (Wildman–Crippen MR) is 101 cm³/mol. The Labute approximate surface area is 163 Å². The van der Waals surface area contributed by atoms with Crippen molar-refractivity contribution in [3.63, 3.8) is 0 Å². The van der Waals surface area contributed by atoms with Crippen molar-refractivity contribution in [2.75, 3.05) is 6.61 Å². The maximum absolute atomic E-state index is 12.3. The summed E-state index contributed by atoms with van der Waals surface area (Å²) in [6.45, 7) is 5.82. The monoisotopic (exact) mass is 385 g/mol. The number of hydrogen-bond acceptors (Lipinski definition) is 7. The molecule has 0 N–H and O–H groups in total. The van der Waals surface area contributed by atoms with Crippen LogP contribution in [0.5, 0.6) is 5.75 Å². The van der Waals surface area contributed by atoms with E-state index in [-0.39, 0.29) is 23.2 Å². The van der Waals surface area contributed by atoms with Gasteiger partial charge in [-0.05, 0) is 56.7 Å². The minimum Gasteiger partial charge on any atom is -0.462 e. The zero-order chi connectivity index (χ0) is 20.5. The summed E-state index contributed by atoms with van der Waals surface area (Å²) in [5.41, 5.74) is 0.363. The van der Waals surface area contributed by atoms with Crippen LogP contribution >= 0.6 is 0 Å². The Kier molecular flexibility index (Phi) is 7.68. The molecule has 0 saturated heterocycles. The van der Waals surface area contributed by atoms with Gasteiger partial charge in [-0.1, -0.05) is 19.4 Å². The highest BCUT2D eigenvalue weighted by Crippen LogP contribution is 2.15. The Balaban J connectivity index is 2.01. The van der Waals surface area contributed by atoms with Crippen molar-refractivity contribution in [2.45, 2.75) is 39.7 Å². The Morgan fingerprint density at radius 1 is 0.929 bits per heavy atom. The number of esters is 3. The van der Waals surface area contributed by atoms with Crippen molar-refractivity contribution in [3.05, 3.63) is 59.4 Å². The van der Waals surface area contributed by atoms with Crippen LogP contribution in [0.15, 0.2) is 42.5 Å². The molecule has 0 saturated carbocycles. The SMILES string of the molecule is CCCCOC(=O)c1ccc(OC(=O)c2cccc(C(=O)OC(C)C)n2)cc1. The summed E-state index contributed by atoms with van der Waals surface area (Å²) in [5.74, 6) is -1.52. The number of benzene rings is 1. The van der Waals surface area contributed by atoms with Crippen molar-refractivity contribution in [3.8, 4) is 5.75 Å². The molecule has 0 spiro atoms. The molecule has 0 atom stereocenters. The average molecular weight is 385 g/mol. The first-order chi connectivity index (χ1) is 13.4. The molecule has 0 bridgehead atoms. The van der Waals surface area contributed by atoms with Gasteiger partial charge in [0.1, 0.15) is 17.1 Å². The summed E-state index contributed by atoms with van der Waals surface area (Å²) in [6, 6.07) is 10.4. The third-order valence-electron chi connectivity index (χ3n) is 3.54. The number of aromatic nitrogens is 1. The van der Waals surface area contributed by atoms with Gasteiger partial charge in [0.05, 0.1) is 18.3 Å². The zero-order valence-electron chi connectivity index (χ0n) is 16.1. The molecule has 148 valence electrons. The van der Waals surface area contributed by atoms with Gasteiger partial charge in [0.25, 0.3) is 0 Å². The highest BCUT2D eigenvalue weighted by Gasteiger charge is 2.16. The number of carbonyl (C=O) groups excluding carboxylic acids is 3. The maximum Gasteiger partial charge on any atom is 0.362 e. The molecule has 0 unspecified atom stereocenters. The molecule has 0 aliphatic heterocycles. The topological polar surface area (TPSA) is 91.8 Å². The van der Waals surface area contributed by atoms with Crippen LogP contribution in [0.25, 0.3) is 0 Å². The Bertz CT molecular complexity index is 829. The van der Waals surface area contributed by atoms with E-state index in [1.807, 2.05) is 6.92 Å². The first-order valence-electron chi connectivity index (χ1n) is 9.08. The van der Waals surface area contributed by atoms with Gasteiger partial charge >= 0.3 is 17.9 Å². The van der Waals surface area contributed by atoms with E-state index in [0.717, 1.165) is 12.8 Å². The minimum atomic E-state index is -0.725. The molecule has 1 heterocycles. The van der Waals surface area contributed by atoms with Crippen LogP contribution in [-0.4, -0.2) is 35.6 Å². The van der Waals surface area contributed by atoms with Crippen molar-refractivity contribution in [2.24, 2.45) is 0 Å². The molecule has 7 heteroatoms. The smallest absolute Gasteiger partial charge is 0.362 e.